The maximum atomic E-state index is 12.0. The molecule has 0 radical (unpaired) electrons. The molecule has 1 atom stereocenters. The van der Waals surface area contributed by atoms with Gasteiger partial charge >= 0.3 is 0 Å². The third kappa shape index (κ3) is 4.39. The van der Waals surface area contributed by atoms with Crippen LogP contribution in [0.3, 0.4) is 0 Å². The minimum Gasteiger partial charge on any atom is -0.479 e. The average Bonchev–Trinajstić information content (AvgIpc) is 2.46. The number of carbonyl (C=O) groups is 1. The number of hydrogen-bond donors (Lipinski definition) is 2. The summed E-state index contributed by atoms with van der Waals surface area (Å²) in [5, 5.41) is 12.6. The maximum absolute atomic E-state index is 12.0. The van der Waals surface area contributed by atoms with E-state index in [1.54, 1.807) is 25.1 Å². The van der Waals surface area contributed by atoms with Crippen LogP contribution >= 0.6 is 11.6 Å². The minimum atomic E-state index is -0.666. The van der Waals surface area contributed by atoms with E-state index in [0.717, 1.165) is 12.8 Å². The van der Waals surface area contributed by atoms with Gasteiger partial charge in [-0.1, -0.05) is 37.6 Å². The normalized spacial score (nSPS) is 12.3. The van der Waals surface area contributed by atoms with Crippen molar-refractivity contribution in [3.8, 4) is 5.75 Å². The molecule has 1 rings (SSSR count). The average molecular weight is 300 g/mol. The summed E-state index contributed by atoms with van der Waals surface area (Å²) in [5.74, 6) is 0.186. The molecule has 0 aliphatic rings. The molecule has 0 fully saturated rings. The van der Waals surface area contributed by atoms with Crippen LogP contribution in [-0.2, 0) is 11.4 Å². The van der Waals surface area contributed by atoms with E-state index in [0.29, 0.717) is 16.3 Å². The fourth-order valence-electron chi connectivity index (χ4n) is 1.85. The second kappa shape index (κ2) is 8.12. The summed E-state index contributed by atoms with van der Waals surface area (Å²) in [6.07, 6.45) is 1.09. The van der Waals surface area contributed by atoms with E-state index in [9.17, 15) is 9.90 Å². The number of carbonyl (C=O) groups excluding carboxylic acids is 1. The SMILES string of the molecule is CCC(CC)NC(=O)C(C)Oc1c(Cl)cccc1CO. The molecule has 1 amide bonds. The summed E-state index contributed by atoms with van der Waals surface area (Å²) in [6.45, 7) is 5.54. The molecule has 0 aliphatic carbocycles. The summed E-state index contributed by atoms with van der Waals surface area (Å²) < 4.78 is 5.61. The molecular weight excluding hydrogens is 278 g/mol. The van der Waals surface area contributed by atoms with Gasteiger partial charge in [0.25, 0.3) is 5.91 Å². The van der Waals surface area contributed by atoms with Crippen LogP contribution in [0.4, 0.5) is 0 Å². The zero-order valence-electron chi connectivity index (χ0n) is 12.1. The lowest BCUT2D eigenvalue weighted by molar-refractivity contribution is -0.128. The van der Waals surface area contributed by atoms with Crippen LogP contribution in [0.15, 0.2) is 18.2 Å². The molecule has 1 aromatic carbocycles. The van der Waals surface area contributed by atoms with Crippen molar-refractivity contribution in [2.24, 2.45) is 0 Å². The van der Waals surface area contributed by atoms with E-state index in [2.05, 4.69) is 5.32 Å². The zero-order chi connectivity index (χ0) is 15.1. The molecule has 0 bridgehead atoms. The summed E-state index contributed by atoms with van der Waals surface area (Å²) in [7, 11) is 0. The van der Waals surface area contributed by atoms with E-state index >= 15 is 0 Å². The third-order valence-corrected chi connectivity index (χ3v) is 3.51. The number of aliphatic hydroxyl groups excluding tert-OH is 1. The largest absolute Gasteiger partial charge is 0.479 e. The summed E-state index contributed by atoms with van der Waals surface area (Å²) in [5.41, 5.74) is 0.569. The van der Waals surface area contributed by atoms with Gasteiger partial charge in [-0.2, -0.15) is 0 Å². The Kier molecular flexibility index (Phi) is 6.82. The Morgan fingerprint density at radius 3 is 2.60 bits per heavy atom. The monoisotopic (exact) mass is 299 g/mol. The van der Waals surface area contributed by atoms with Crippen LogP contribution < -0.4 is 10.1 Å². The first kappa shape index (κ1) is 16.8. The molecule has 0 spiro atoms. The van der Waals surface area contributed by atoms with Crippen LogP contribution in [0.5, 0.6) is 5.75 Å². The van der Waals surface area contributed by atoms with Gasteiger partial charge in [0.05, 0.1) is 11.6 Å². The Hall–Kier alpha value is -1.26. The zero-order valence-corrected chi connectivity index (χ0v) is 12.9. The fourth-order valence-corrected chi connectivity index (χ4v) is 2.09. The molecule has 0 saturated carbocycles. The first-order valence-corrected chi connectivity index (χ1v) is 7.26. The lowest BCUT2D eigenvalue weighted by atomic mass is 10.1. The quantitative estimate of drug-likeness (QED) is 0.814. The van der Waals surface area contributed by atoms with Crippen molar-refractivity contribution in [1.29, 1.82) is 0 Å². The highest BCUT2D eigenvalue weighted by Gasteiger charge is 2.19. The van der Waals surface area contributed by atoms with Crippen molar-refractivity contribution in [2.75, 3.05) is 0 Å². The Bertz CT molecular complexity index is 447. The second-order valence-corrected chi connectivity index (χ2v) is 5.08. The number of para-hydroxylation sites is 1. The summed E-state index contributed by atoms with van der Waals surface area (Å²) in [6, 6.07) is 5.27. The Balaban J connectivity index is 2.75. The highest BCUT2D eigenvalue weighted by atomic mass is 35.5. The van der Waals surface area contributed by atoms with Gasteiger partial charge in [0.1, 0.15) is 5.75 Å². The molecule has 0 aliphatic heterocycles. The van der Waals surface area contributed by atoms with E-state index in [4.69, 9.17) is 16.3 Å². The van der Waals surface area contributed by atoms with E-state index in [1.165, 1.54) is 0 Å². The van der Waals surface area contributed by atoms with Gasteiger partial charge in [0.15, 0.2) is 6.10 Å². The van der Waals surface area contributed by atoms with Gasteiger partial charge in [0.2, 0.25) is 0 Å². The molecule has 2 N–H and O–H groups in total. The van der Waals surface area contributed by atoms with Gasteiger partial charge in [-0.25, -0.2) is 0 Å². The summed E-state index contributed by atoms with van der Waals surface area (Å²) >= 11 is 6.05. The number of halogens is 1. The van der Waals surface area contributed by atoms with Crippen molar-refractivity contribution in [3.63, 3.8) is 0 Å². The molecule has 0 saturated heterocycles. The standard InChI is InChI=1S/C15H22ClNO3/c1-4-12(5-2)17-15(19)10(3)20-14-11(9-18)7-6-8-13(14)16/h6-8,10,12,18H,4-5,9H2,1-3H3,(H,17,19). The molecule has 0 heterocycles. The Morgan fingerprint density at radius 2 is 2.05 bits per heavy atom. The first-order chi connectivity index (χ1) is 9.53. The second-order valence-electron chi connectivity index (χ2n) is 4.67. The molecule has 4 nitrogen and oxygen atoms in total. The topological polar surface area (TPSA) is 58.6 Å². The Labute approximate surface area is 125 Å². The van der Waals surface area contributed by atoms with Gasteiger partial charge < -0.3 is 15.2 Å². The molecule has 1 unspecified atom stereocenters. The van der Waals surface area contributed by atoms with E-state index < -0.39 is 6.10 Å². The first-order valence-electron chi connectivity index (χ1n) is 6.88. The van der Waals surface area contributed by atoms with Gasteiger partial charge in [-0.15, -0.1) is 0 Å². The fraction of sp³-hybridized carbons (Fsp3) is 0.533. The van der Waals surface area contributed by atoms with Crippen molar-refractivity contribution in [3.05, 3.63) is 28.8 Å². The smallest absolute Gasteiger partial charge is 0.260 e. The molecule has 5 heteroatoms. The van der Waals surface area contributed by atoms with Crippen LogP contribution in [0.2, 0.25) is 5.02 Å². The lowest BCUT2D eigenvalue weighted by Crippen LogP contribution is -2.42. The number of rotatable bonds is 7. The van der Waals surface area contributed by atoms with Crippen molar-refractivity contribution in [2.45, 2.75) is 52.4 Å². The third-order valence-electron chi connectivity index (χ3n) is 3.21. The molecule has 0 aromatic heterocycles. The molecule has 20 heavy (non-hydrogen) atoms. The lowest BCUT2D eigenvalue weighted by Gasteiger charge is -2.21. The number of hydrogen-bond acceptors (Lipinski definition) is 3. The summed E-state index contributed by atoms with van der Waals surface area (Å²) in [4.78, 5) is 12.0. The van der Waals surface area contributed by atoms with E-state index in [1.807, 2.05) is 13.8 Å². The minimum absolute atomic E-state index is 0.150. The number of ether oxygens (including phenoxy) is 1. The highest BCUT2D eigenvalue weighted by Crippen LogP contribution is 2.29. The number of nitrogens with one attached hydrogen (secondary N) is 1. The van der Waals surface area contributed by atoms with E-state index in [-0.39, 0.29) is 18.6 Å². The molecule has 1 aromatic rings. The van der Waals surface area contributed by atoms with Crippen LogP contribution in [0.25, 0.3) is 0 Å². The van der Waals surface area contributed by atoms with Crippen LogP contribution in [0.1, 0.15) is 39.2 Å². The number of aliphatic hydroxyl groups is 1. The van der Waals surface area contributed by atoms with Crippen LogP contribution in [-0.4, -0.2) is 23.2 Å². The van der Waals surface area contributed by atoms with Crippen LogP contribution in [0, 0.1) is 0 Å². The highest BCUT2D eigenvalue weighted by molar-refractivity contribution is 6.32. The van der Waals surface area contributed by atoms with Crippen molar-refractivity contribution >= 4 is 17.5 Å². The van der Waals surface area contributed by atoms with Gasteiger partial charge in [0, 0.05) is 11.6 Å². The molecular formula is C15H22ClNO3. The predicted molar refractivity (Wildman–Crippen MR) is 80.0 cm³/mol. The van der Waals surface area contributed by atoms with Gasteiger partial charge in [-0.3, -0.25) is 4.79 Å². The maximum Gasteiger partial charge on any atom is 0.260 e. The Morgan fingerprint density at radius 1 is 1.40 bits per heavy atom. The number of benzene rings is 1. The van der Waals surface area contributed by atoms with Crippen molar-refractivity contribution in [1.82, 2.24) is 5.32 Å². The van der Waals surface area contributed by atoms with Gasteiger partial charge in [-0.05, 0) is 25.8 Å². The molecule has 112 valence electrons. The predicted octanol–water partition coefficient (Wildman–Crippen LogP) is 2.90. The number of amides is 1. The van der Waals surface area contributed by atoms with Crippen molar-refractivity contribution < 1.29 is 14.6 Å².